The molecule has 1 aromatic heterocycles. The van der Waals surface area contributed by atoms with Crippen LogP contribution in [0.15, 0.2) is 12.3 Å². The van der Waals surface area contributed by atoms with Gasteiger partial charge in [0.25, 0.3) is 0 Å². The smallest absolute Gasteiger partial charge is 0.319 e. The molecule has 0 atom stereocenters. The van der Waals surface area contributed by atoms with E-state index in [0.717, 1.165) is 5.69 Å². The van der Waals surface area contributed by atoms with Gasteiger partial charge < -0.3 is 4.74 Å². The Hall–Kier alpha value is -1.36. The Morgan fingerprint density at radius 3 is 2.56 bits per heavy atom. The van der Waals surface area contributed by atoms with Gasteiger partial charge in [0.2, 0.25) is 0 Å². The quantitative estimate of drug-likeness (QED) is 0.726. The summed E-state index contributed by atoms with van der Waals surface area (Å²) in [5.74, 6) is -0.216. The van der Waals surface area contributed by atoms with Gasteiger partial charge in [0.1, 0.15) is 0 Å². The van der Waals surface area contributed by atoms with E-state index >= 15 is 0 Å². The molecule has 0 aromatic carbocycles. The molecule has 0 bridgehead atoms. The number of ether oxygens (including phenoxy) is 1. The molecule has 0 radical (unpaired) electrons. The maximum atomic E-state index is 11.3. The summed E-state index contributed by atoms with van der Waals surface area (Å²) < 4.78 is 6.63. The van der Waals surface area contributed by atoms with Crippen LogP contribution in [0.4, 0.5) is 0 Å². The molecule has 0 aliphatic rings. The lowest BCUT2D eigenvalue weighted by molar-refractivity contribution is -0.142. The Balaban J connectivity index is 2.67. The Labute approximate surface area is 109 Å². The lowest BCUT2D eigenvalue weighted by atomic mass is 10.3. The molecule has 0 aliphatic carbocycles. The Morgan fingerprint density at radius 1 is 1.44 bits per heavy atom. The van der Waals surface area contributed by atoms with Crippen molar-refractivity contribution >= 4 is 5.97 Å². The monoisotopic (exact) mass is 253 g/mol. The third-order valence-corrected chi connectivity index (χ3v) is 2.85. The topological polar surface area (TPSA) is 47.4 Å². The highest BCUT2D eigenvalue weighted by Gasteiger charge is 2.16. The predicted molar refractivity (Wildman–Crippen MR) is 70.2 cm³/mol. The zero-order chi connectivity index (χ0) is 13.7. The van der Waals surface area contributed by atoms with Gasteiger partial charge >= 0.3 is 5.97 Å². The minimum atomic E-state index is -0.216. The van der Waals surface area contributed by atoms with Crippen molar-refractivity contribution in [1.82, 2.24) is 14.7 Å². The van der Waals surface area contributed by atoms with E-state index < -0.39 is 0 Å². The van der Waals surface area contributed by atoms with Crippen molar-refractivity contribution < 1.29 is 9.53 Å². The first-order chi connectivity index (χ1) is 8.43. The summed E-state index contributed by atoms with van der Waals surface area (Å²) in [6, 6.07) is 2.62. The molecule has 0 unspecified atom stereocenters. The fourth-order valence-electron chi connectivity index (χ4n) is 1.61. The molecular weight excluding hydrogens is 230 g/mol. The number of hydrogen-bond acceptors (Lipinski definition) is 4. The third-order valence-electron chi connectivity index (χ3n) is 2.85. The molecule has 0 fully saturated rings. The van der Waals surface area contributed by atoms with Crippen molar-refractivity contribution in [2.45, 2.75) is 46.3 Å². The van der Waals surface area contributed by atoms with Crippen LogP contribution in [0.3, 0.4) is 0 Å². The van der Waals surface area contributed by atoms with Crippen molar-refractivity contribution in [2.24, 2.45) is 0 Å². The van der Waals surface area contributed by atoms with Crippen molar-refractivity contribution in [3.8, 4) is 0 Å². The van der Waals surface area contributed by atoms with E-state index in [9.17, 15) is 4.79 Å². The largest absolute Gasteiger partial charge is 0.468 e. The molecule has 1 rings (SSSR count). The molecule has 0 saturated carbocycles. The Morgan fingerprint density at radius 2 is 2.11 bits per heavy atom. The maximum absolute atomic E-state index is 11.3. The number of carbonyl (C=O) groups excluding carboxylic acids is 1. The molecular formula is C13H23N3O2. The number of carbonyl (C=O) groups is 1. The highest BCUT2D eigenvalue weighted by Crippen LogP contribution is 2.09. The SMILES string of the molecule is COC(=O)CN(Cc1ccn(C(C)C)n1)C(C)C. The van der Waals surface area contributed by atoms with Gasteiger partial charge in [-0.1, -0.05) is 0 Å². The molecule has 5 nitrogen and oxygen atoms in total. The number of aromatic nitrogens is 2. The van der Waals surface area contributed by atoms with E-state index in [4.69, 9.17) is 4.74 Å². The number of esters is 1. The fraction of sp³-hybridized carbons (Fsp3) is 0.692. The van der Waals surface area contributed by atoms with Crippen LogP contribution in [0.25, 0.3) is 0 Å². The molecule has 0 saturated heterocycles. The van der Waals surface area contributed by atoms with E-state index in [0.29, 0.717) is 19.1 Å². The van der Waals surface area contributed by atoms with Crippen LogP contribution in [0, 0.1) is 0 Å². The highest BCUT2D eigenvalue weighted by molar-refractivity contribution is 5.71. The van der Waals surface area contributed by atoms with Crippen LogP contribution in [-0.2, 0) is 16.1 Å². The second kappa shape index (κ2) is 6.54. The van der Waals surface area contributed by atoms with Gasteiger partial charge in [0.15, 0.2) is 0 Å². The average molecular weight is 253 g/mol. The second-order valence-electron chi connectivity index (χ2n) is 4.96. The molecule has 0 aliphatic heterocycles. The highest BCUT2D eigenvalue weighted by atomic mass is 16.5. The van der Waals surface area contributed by atoms with E-state index in [2.05, 4.69) is 32.8 Å². The van der Waals surface area contributed by atoms with Crippen LogP contribution in [0.1, 0.15) is 39.4 Å². The molecule has 1 heterocycles. The van der Waals surface area contributed by atoms with Gasteiger partial charge in [-0.2, -0.15) is 5.10 Å². The maximum Gasteiger partial charge on any atom is 0.319 e. The fourth-order valence-corrected chi connectivity index (χ4v) is 1.61. The zero-order valence-corrected chi connectivity index (χ0v) is 11.9. The third kappa shape index (κ3) is 4.14. The Bertz CT molecular complexity index is 385. The first kappa shape index (κ1) is 14.7. The van der Waals surface area contributed by atoms with Crippen LogP contribution in [0.5, 0.6) is 0 Å². The number of nitrogens with zero attached hydrogens (tertiary/aromatic N) is 3. The number of rotatable bonds is 6. The van der Waals surface area contributed by atoms with Crippen molar-refractivity contribution in [3.05, 3.63) is 18.0 Å². The minimum Gasteiger partial charge on any atom is -0.468 e. The van der Waals surface area contributed by atoms with Gasteiger partial charge in [-0.3, -0.25) is 14.4 Å². The predicted octanol–water partition coefficient (Wildman–Crippen LogP) is 1.85. The van der Waals surface area contributed by atoms with Crippen molar-refractivity contribution in [2.75, 3.05) is 13.7 Å². The Kier molecular flexibility index (Phi) is 5.34. The summed E-state index contributed by atoms with van der Waals surface area (Å²) in [7, 11) is 1.41. The van der Waals surface area contributed by atoms with Crippen molar-refractivity contribution in [3.63, 3.8) is 0 Å². The van der Waals surface area contributed by atoms with Gasteiger partial charge in [-0.25, -0.2) is 0 Å². The van der Waals surface area contributed by atoms with Crippen LogP contribution in [-0.4, -0.2) is 40.3 Å². The summed E-state index contributed by atoms with van der Waals surface area (Å²) in [6.07, 6.45) is 1.97. The summed E-state index contributed by atoms with van der Waals surface area (Å²) in [6.45, 7) is 9.25. The molecule has 102 valence electrons. The van der Waals surface area contributed by atoms with E-state index in [1.54, 1.807) is 0 Å². The molecule has 0 amide bonds. The van der Waals surface area contributed by atoms with E-state index in [-0.39, 0.29) is 12.0 Å². The first-order valence-corrected chi connectivity index (χ1v) is 6.29. The van der Waals surface area contributed by atoms with Crippen molar-refractivity contribution in [1.29, 1.82) is 0 Å². The standard InChI is InChI=1S/C13H23N3O2/c1-10(2)15(9-13(17)18-5)8-12-6-7-16(14-12)11(3)4/h6-7,10-11H,8-9H2,1-5H3. The normalized spacial score (nSPS) is 11.6. The summed E-state index contributed by atoms with van der Waals surface area (Å²) >= 11 is 0. The molecule has 18 heavy (non-hydrogen) atoms. The van der Waals surface area contributed by atoms with Gasteiger partial charge in [-0.15, -0.1) is 0 Å². The summed E-state index contributed by atoms with van der Waals surface area (Å²) in [5, 5.41) is 4.49. The van der Waals surface area contributed by atoms with Gasteiger partial charge in [0.05, 0.1) is 19.3 Å². The van der Waals surface area contributed by atoms with Gasteiger partial charge in [0, 0.05) is 24.8 Å². The zero-order valence-electron chi connectivity index (χ0n) is 11.9. The van der Waals surface area contributed by atoms with Crippen LogP contribution < -0.4 is 0 Å². The lowest BCUT2D eigenvalue weighted by Gasteiger charge is -2.24. The summed E-state index contributed by atoms with van der Waals surface area (Å²) in [4.78, 5) is 13.4. The minimum absolute atomic E-state index is 0.216. The van der Waals surface area contributed by atoms with Crippen LogP contribution in [0.2, 0.25) is 0 Å². The van der Waals surface area contributed by atoms with Crippen LogP contribution >= 0.6 is 0 Å². The molecule has 0 spiro atoms. The van der Waals surface area contributed by atoms with E-state index in [1.165, 1.54) is 7.11 Å². The van der Waals surface area contributed by atoms with E-state index in [1.807, 2.05) is 21.8 Å². The van der Waals surface area contributed by atoms with Gasteiger partial charge in [-0.05, 0) is 33.8 Å². The summed E-state index contributed by atoms with van der Waals surface area (Å²) in [5.41, 5.74) is 0.973. The average Bonchev–Trinajstić information content (AvgIpc) is 2.76. The molecule has 1 aromatic rings. The molecule has 5 heteroatoms. The lowest BCUT2D eigenvalue weighted by Crippen LogP contribution is -2.35. The second-order valence-corrected chi connectivity index (χ2v) is 4.96. The number of methoxy groups -OCH3 is 1. The molecule has 0 N–H and O–H groups in total. The first-order valence-electron chi connectivity index (χ1n) is 6.29. The number of hydrogen-bond donors (Lipinski definition) is 0.